The molecule has 0 aliphatic heterocycles. The second-order valence-corrected chi connectivity index (χ2v) is 6.24. The lowest BCUT2D eigenvalue weighted by Crippen LogP contribution is -1.91. The van der Waals surface area contributed by atoms with E-state index in [9.17, 15) is 0 Å². The van der Waals surface area contributed by atoms with Gasteiger partial charge < -0.3 is 4.42 Å². The molecule has 3 rings (SSSR count). The molecule has 0 saturated heterocycles. The molecule has 3 aromatic rings. The molecule has 22 heavy (non-hydrogen) atoms. The maximum Gasteiger partial charge on any atom is 0.277 e. The van der Waals surface area contributed by atoms with Gasteiger partial charge in [-0.05, 0) is 24.6 Å². The van der Waals surface area contributed by atoms with E-state index in [1.165, 1.54) is 11.8 Å². The van der Waals surface area contributed by atoms with Crippen LogP contribution in [0, 0.1) is 0 Å². The van der Waals surface area contributed by atoms with Crippen molar-refractivity contribution in [1.82, 2.24) is 20.0 Å². The molecule has 0 N–H and O–H groups in total. The molecule has 1 aromatic carbocycles. The average Bonchev–Trinajstić information content (AvgIpc) is 3.16. The highest BCUT2D eigenvalue weighted by Gasteiger charge is 2.11. The molecule has 0 aliphatic rings. The summed E-state index contributed by atoms with van der Waals surface area (Å²) in [6, 6.07) is 5.53. The molecule has 2 heterocycles. The lowest BCUT2D eigenvalue weighted by Gasteiger charge is -2.00. The fraction of sp³-hybridized carbons (Fsp3) is 0.214. The molecule has 2 aromatic heterocycles. The summed E-state index contributed by atoms with van der Waals surface area (Å²) in [7, 11) is 0. The minimum Gasteiger partial charge on any atom is -0.411 e. The van der Waals surface area contributed by atoms with Crippen LogP contribution >= 0.6 is 35.0 Å². The Labute approximate surface area is 141 Å². The minimum atomic E-state index is 0.469. The molecule has 8 heteroatoms. The summed E-state index contributed by atoms with van der Waals surface area (Å²) in [5.41, 5.74) is 1.86. The largest absolute Gasteiger partial charge is 0.411 e. The van der Waals surface area contributed by atoms with Crippen molar-refractivity contribution in [2.24, 2.45) is 0 Å². The highest BCUT2D eigenvalue weighted by molar-refractivity contribution is 7.98. The summed E-state index contributed by atoms with van der Waals surface area (Å²) in [6.45, 7) is 2.82. The smallest absolute Gasteiger partial charge is 0.277 e. The number of hydrogen-bond donors (Lipinski definition) is 0. The van der Waals surface area contributed by atoms with Crippen molar-refractivity contribution in [3.8, 4) is 11.5 Å². The van der Waals surface area contributed by atoms with E-state index in [0.29, 0.717) is 26.9 Å². The van der Waals surface area contributed by atoms with Gasteiger partial charge in [0.25, 0.3) is 11.1 Å². The number of aryl methyl sites for hydroxylation is 1. The van der Waals surface area contributed by atoms with Crippen molar-refractivity contribution < 1.29 is 4.42 Å². The number of benzene rings is 1. The molecule has 0 fully saturated rings. The topological polar surface area (TPSA) is 56.7 Å². The summed E-state index contributed by atoms with van der Waals surface area (Å²) in [5.74, 6) is 1.14. The Morgan fingerprint density at radius 3 is 2.82 bits per heavy atom. The highest BCUT2D eigenvalue weighted by Crippen LogP contribution is 2.28. The zero-order chi connectivity index (χ0) is 15.5. The number of aromatic nitrogens is 4. The molecule has 0 saturated carbocycles. The Balaban J connectivity index is 1.67. The number of rotatable bonds is 5. The van der Waals surface area contributed by atoms with Crippen molar-refractivity contribution in [3.05, 3.63) is 46.2 Å². The summed E-state index contributed by atoms with van der Waals surface area (Å²) in [6.07, 6.45) is 3.59. The van der Waals surface area contributed by atoms with Crippen LogP contribution in [-0.2, 0) is 12.3 Å². The third kappa shape index (κ3) is 3.45. The van der Waals surface area contributed by atoms with Gasteiger partial charge in [-0.15, -0.1) is 10.2 Å². The lowest BCUT2D eigenvalue weighted by molar-refractivity contribution is 0.466. The van der Waals surface area contributed by atoms with E-state index in [0.717, 1.165) is 17.7 Å². The van der Waals surface area contributed by atoms with Gasteiger partial charge in [-0.1, -0.05) is 41.0 Å². The van der Waals surface area contributed by atoms with Crippen molar-refractivity contribution in [2.45, 2.75) is 24.4 Å². The van der Waals surface area contributed by atoms with Gasteiger partial charge in [0.1, 0.15) is 0 Å². The van der Waals surface area contributed by atoms with Gasteiger partial charge in [-0.25, -0.2) is 0 Å². The first-order valence-corrected chi connectivity index (χ1v) is 8.33. The molecule has 0 spiro atoms. The second-order valence-electron chi connectivity index (χ2n) is 4.49. The second kappa shape index (κ2) is 6.73. The van der Waals surface area contributed by atoms with Crippen molar-refractivity contribution in [1.29, 1.82) is 0 Å². The first-order valence-electron chi connectivity index (χ1n) is 6.58. The van der Waals surface area contributed by atoms with E-state index >= 15 is 0 Å². The van der Waals surface area contributed by atoms with Crippen molar-refractivity contribution >= 4 is 35.0 Å². The molecule has 114 valence electrons. The summed E-state index contributed by atoms with van der Waals surface area (Å²) < 4.78 is 7.44. The predicted octanol–water partition coefficient (Wildman–Crippen LogP) is 4.55. The summed E-state index contributed by atoms with van der Waals surface area (Å²) in [4.78, 5) is 0. The molecule has 0 amide bonds. The average molecular weight is 355 g/mol. The van der Waals surface area contributed by atoms with Crippen LogP contribution in [0.5, 0.6) is 0 Å². The third-order valence-corrected chi connectivity index (χ3v) is 4.59. The van der Waals surface area contributed by atoms with E-state index in [-0.39, 0.29) is 0 Å². The van der Waals surface area contributed by atoms with Crippen LogP contribution in [0.15, 0.2) is 40.2 Å². The van der Waals surface area contributed by atoms with E-state index in [2.05, 4.69) is 15.3 Å². The maximum atomic E-state index is 5.99. The van der Waals surface area contributed by atoms with E-state index in [1.54, 1.807) is 12.3 Å². The summed E-state index contributed by atoms with van der Waals surface area (Å²) >= 11 is 13.3. The van der Waals surface area contributed by atoms with Gasteiger partial charge in [-0.3, -0.25) is 4.68 Å². The van der Waals surface area contributed by atoms with Gasteiger partial charge in [-0.2, -0.15) is 5.10 Å². The lowest BCUT2D eigenvalue weighted by atomic mass is 10.2. The van der Waals surface area contributed by atoms with Crippen LogP contribution in [0.25, 0.3) is 11.5 Å². The quantitative estimate of drug-likeness (QED) is 0.629. The van der Waals surface area contributed by atoms with Crippen LogP contribution < -0.4 is 0 Å². The Kier molecular flexibility index (Phi) is 4.71. The number of halogens is 2. The van der Waals surface area contributed by atoms with Crippen LogP contribution in [0.2, 0.25) is 10.0 Å². The Morgan fingerprint density at radius 2 is 2.09 bits per heavy atom. The molecule has 0 bridgehead atoms. The zero-order valence-electron chi connectivity index (χ0n) is 11.7. The van der Waals surface area contributed by atoms with Gasteiger partial charge in [0.2, 0.25) is 0 Å². The first-order chi connectivity index (χ1) is 10.7. The predicted molar refractivity (Wildman–Crippen MR) is 87.2 cm³/mol. The van der Waals surface area contributed by atoms with Gasteiger partial charge in [0, 0.05) is 18.5 Å². The third-order valence-electron chi connectivity index (χ3n) is 2.96. The van der Waals surface area contributed by atoms with Crippen molar-refractivity contribution in [2.75, 3.05) is 0 Å². The molecule has 0 unspecified atom stereocenters. The number of thioether (sulfide) groups is 1. The number of hydrogen-bond acceptors (Lipinski definition) is 5. The van der Waals surface area contributed by atoms with Crippen LogP contribution in [0.4, 0.5) is 0 Å². The Morgan fingerprint density at radius 1 is 1.23 bits per heavy atom. The first kappa shape index (κ1) is 15.4. The van der Waals surface area contributed by atoms with Crippen LogP contribution in [0.1, 0.15) is 12.5 Å². The van der Waals surface area contributed by atoms with Crippen molar-refractivity contribution in [3.63, 3.8) is 0 Å². The molecule has 0 radical (unpaired) electrons. The molecular formula is C14H12Cl2N4OS. The molecule has 5 nitrogen and oxygen atoms in total. The van der Waals surface area contributed by atoms with E-state index in [4.69, 9.17) is 27.6 Å². The Hall–Kier alpha value is -1.50. The molecule has 0 aliphatic carbocycles. The fourth-order valence-electron chi connectivity index (χ4n) is 1.81. The molecular weight excluding hydrogens is 343 g/mol. The standard InChI is InChI=1S/C14H12Cl2N4OS/c1-2-20-7-10(6-17-20)13-18-19-14(21-13)22-8-9-3-4-11(15)12(16)5-9/h3-7H,2,8H2,1H3. The minimum absolute atomic E-state index is 0.469. The normalized spacial score (nSPS) is 11.0. The van der Waals surface area contributed by atoms with Crippen LogP contribution in [-0.4, -0.2) is 20.0 Å². The van der Waals surface area contributed by atoms with Gasteiger partial charge in [0.05, 0.1) is 21.8 Å². The Bertz CT molecular complexity index is 787. The van der Waals surface area contributed by atoms with Gasteiger partial charge in [0.15, 0.2) is 0 Å². The summed E-state index contributed by atoms with van der Waals surface area (Å²) in [5, 5.41) is 13.8. The van der Waals surface area contributed by atoms with Crippen LogP contribution in [0.3, 0.4) is 0 Å². The van der Waals surface area contributed by atoms with Gasteiger partial charge >= 0.3 is 0 Å². The highest BCUT2D eigenvalue weighted by atomic mass is 35.5. The zero-order valence-corrected chi connectivity index (χ0v) is 14.0. The monoisotopic (exact) mass is 354 g/mol. The number of nitrogens with zero attached hydrogens (tertiary/aromatic N) is 4. The van der Waals surface area contributed by atoms with E-state index < -0.39 is 0 Å². The molecule has 0 atom stereocenters. The SMILES string of the molecule is CCn1cc(-c2nnc(SCc3ccc(Cl)c(Cl)c3)o2)cn1. The maximum absolute atomic E-state index is 5.99. The fourth-order valence-corrected chi connectivity index (χ4v) is 2.83. The van der Waals surface area contributed by atoms with E-state index in [1.807, 2.05) is 29.9 Å².